The Labute approximate surface area is 137 Å². The van der Waals surface area contributed by atoms with E-state index < -0.39 is 0 Å². The maximum atomic E-state index is 10.3. The van der Waals surface area contributed by atoms with Crippen LogP contribution < -0.4 is 10.8 Å². The third kappa shape index (κ3) is 3.29. The summed E-state index contributed by atoms with van der Waals surface area (Å²) in [7, 11) is -0.358. The zero-order valence-electron chi connectivity index (χ0n) is 14.3. The molecule has 2 aliphatic rings. The molecule has 0 atom stereocenters. The minimum Gasteiger partial charge on any atom is -0.399 e. The fourth-order valence-corrected chi connectivity index (χ4v) is 2.93. The molecule has 0 bridgehead atoms. The molecule has 0 unspecified atom stereocenters. The second kappa shape index (κ2) is 5.92. The van der Waals surface area contributed by atoms with E-state index in [2.05, 4.69) is 15.3 Å². The van der Waals surface area contributed by atoms with Crippen LogP contribution in [0.1, 0.15) is 27.7 Å². The Kier molecular flexibility index (Phi) is 4.24. The van der Waals surface area contributed by atoms with Gasteiger partial charge in [-0.05, 0) is 27.7 Å². The lowest BCUT2D eigenvalue weighted by Crippen LogP contribution is -2.51. The molecule has 8 heteroatoms. The van der Waals surface area contributed by atoms with Crippen LogP contribution in [0.2, 0.25) is 0 Å². The van der Waals surface area contributed by atoms with Gasteiger partial charge in [0.15, 0.2) is 0 Å². The summed E-state index contributed by atoms with van der Waals surface area (Å²) in [5.41, 5.74) is 0.294. The monoisotopic (exact) mass is 320 g/mol. The van der Waals surface area contributed by atoms with Gasteiger partial charge in [-0.25, -0.2) is 0 Å². The molecule has 3 rings (SSSR count). The van der Waals surface area contributed by atoms with Gasteiger partial charge in [0.25, 0.3) is 0 Å². The molecule has 1 aromatic rings. The van der Waals surface area contributed by atoms with E-state index in [9.17, 15) is 4.79 Å². The van der Waals surface area contributed by atoms with Crippen LogP contribution in [0.3, 0.4) is 0 Å². The average molecular weight is 320 g/mol. The summed E-state index contributed by atoms with van der Waals surface area (Å²) >= 11 is 0. The van der Waals surface area contributed by atoms with Crippen molar-refractivity contribution < 1.29 is 14.1 Å². The van der Waals surface area contributed by atoms with Gasteiger partial charge in [-0.15, -0.1) is 0 Å². The third-order valence-corrected chi connectivity index (χ3v) is 5.05. The molecular weight excluding hydrogens is 295 g/mol. The number of amides is 1. The molecule has 0 aromatic carbocycles. The van der Waals surface area contributed by atoms with Gasteiger partial charge in [-0.3, -0.25) is 14.4 Å². The Hall–Kier alpha value is -1.38. The summed E-state index contributed by atoms with van der Waals surface area (Å²) in [6.07, 6.45) is 4.57. The van der Waals surface area contributed by atoms with E-state index in [1.54, 1.807) is 0 Å². The first kappa shape index (κ1) is 16.5. The largest absolute Gasteiger partial charge is 0.498 e. The van der Waals surface area contributed by atoms with Crippen LogP contribution in [0, 0.1) is 5.92 Å². The van der Waals surface area contributed by atoms with Gasteiger partial charge in [-0.1, -0.05) is 0 Å². The van der Waals surface area contributed by atoms with Crippen LogP contribution in [0.4, 0.5) is 0 Å². The van der Waals surface area contributed by atoms with Crippen molar-refractivity contribution in [3.63, 3.8) is 0 Å². The Bertz CT molecular complexity index is 553. The molecular formula is C15H25BN4O3. The van der Waals surface area contributed by atoms with Crippen molar-refractivity contribution in [1.29, 1.82) is 0 Å². The first-order chi connectivity index (χ1) is 10.8. The van der Waals surface area contributed by atoms with Crippen LogP contribution in [0.15, 0.2) is 12.4 Å². The maximum Gasteiger partial charge on any atom is 0.498 e. The van der Waals surface area contributed by atoms with Crippen molar-refractivity contribution in [3.05, 3.63) is 12.4 Å². The normalized spacial score (nSPS) is 23.7. The highest BCUT2D eigenvalue weighted by Gasteiger charge is 2.52. The fourth-order valence-electron chi connectivity index (χ4n) is 2.93. The number of hydrogen-bond acceptors (Lipinski definition) is 5. The molecule has 2 saturated heterocycles. The van der Waals surface area contributed by atoms with E-state index in [0.717, 1.165) is 31.5 Å². The van der Waals surface area contributed by atoms with Gasteiger partial charge in [0.05, 0.1) is 17.9 Å². The highest BCUT2D eigenvalue weighted by molar-refractivity contribution is 6.61. The third-order valence-electron chi connectivity index (χ3n) is 5.05. The number of hydrogen-bond donors (Lipinski definition) is 1. The number of carbonyl (C=O) groups is 1. The molecule has 23 heavy (non-hydrogen) atoms. The van der Waals surface area contributed by atoms with Crippen molar-refractivity contribution in [2.24, 2.45) is 5.92 Å². The molecule has 1 N–H and O–H groups in total. The standard InChI is InChI=1S/C15H25BN4O3/c1-14(2)15(3,4)23-16(22-14)13-5-18-20(9-13)8-12-6-19(7-12)10-17-11-21/h5,9,11-12H,6-8,10H2,1-4H3,(H,17,21). The second-order valence-corrected chi connectivity index (χ2v) is 7.47. The smallest absolute Gasteiger partial charge is 0.399 e. The summed E-state index contributed by atoms with van der Waals surface area (Å²) in [6.45, 7) is 11.7. The Morgan fingerprint density at radius 2 is 2.00 bits per heavy atom. The molecule has 1 amide bonds. The number of nitrogens with one attached hydrogen (secondary N) is 1. The molecule has 126 valence electrons. The number of aromatic nitrogens is 2. The molecule has 2 fully saturated rings. The maximum absolute atomic E-state index is 10.3. The van der Waals surface area contributed by atoms with Crippen LogP contribution in [-0.2, 0) is 20.6 Å². The predicted octanol–water partition coefficient (Wildman–Crippen LogP) is -0.182. The zero-order chi connectivity index (χ0) is 16.7. The van der Waals surface area contributed by atoms with Gasteiger partial charge in [0, 0.05) is 43.4 Å². The lowest BCUT2D eigenvalue weighted by Gasteiger charge is -2.38. The van der Waals surface area contributed by atoms with Gasteiger partial charge < -0.3 is 14.6 Å². The van der Waals surface area contributed by atoms with Crippen molar-refractivity contribution in [2.75, 3.05) is 19.8 Å². The molecule has 7 nitrogen and oxygen atoms in total. The van der Waals surface area contributed by atoms with E-state index in [1.165, 1.54) is 0 Å². The first-order valence-corrected chi connectivity index (χ1v) is 8.08. The van der Waals surface area contributed by atoms with Crippen molar-refractivity contribution in [1.82, 2.24) is 20.0 Å². The summed E-state index contributed by atoms with van der Waals surface area (Å²) in [5, 5.41) is 7.11. The van der Waals surface area contributed by atoms with Crippen LogP contribution in [0.5, 0.6) is 0 Å². The topological polar surface area (TPSA) is 68.6 Å². The van der Waals surface area contributed by atoms with E-state index in [-0.39, 0.29) is 18.3 Å². The van der Waals surface area contributed by atoms with Crippen molar-refractivity contribution >= 4 is 19.0 Å². The second-order valence-electron chi connectivity index (χ2n) is 7.47. The number of carbonyl (C=O) groups excluding carboxylic acids is 1. The average Bonchev–Trinajstić information content (AvgIpc) is 2.95. The summed E-state index contributed by atoms with van der Waals surface area (Å²) in [6, 6.07) is 0. The van der Waals surface area contributed by atoms with Crippen LogP contribution in [0.25, 0.3) is 0 Å². The molecule has 0 radical (unpaired) electrons. The van der Waals surface area contributed by atoms with E-state index in [0.29, 0.717) is 12.6 Å². The molecule has 0 aliphatic carbocycles. The SMILES string of the molecule is CC1(C)OB(c2cnn(CC3CN(CNC=O)C3)c2)OC1(C)C. The first-order valence-electron chi connectivity index (χ1n) is 8.08. The van der Waals surface area contributed by atoms with Crippen molar-refractivity contribution in [2.45, 2.75) is 45.4 Å². The highest BCUT2D eigenvalue weighted by Crippen LogP contribution is 2.36. The molecule has 3 heterocycles. The van der Waals surface area contributed by atoms with Gasteiger partial charge >= 0.3 is 7.12 Å². The van der Waals surface area contributed by atoms with Crippen molar-refractivity contribution in [3.8, 4) is 0 Å². The lowest BCUT2D eigenvalue weighted by atomic mass is 9.82. The minimum atomic E-state index is -0.358. The van der Waals surface area contributed by atoms with Gasteiger partial charge in [0.2, 0.25) is 6.41 Å². The lowest BCUT2D eigenvalue weighted by molar-refractivity contribution is -0.110. The molecule has 0 spiro atoms. The molecule has 1 aromatic heterocycles. The summed E-state index contributed by atoms with van der Waals surface area (Å²) in [5.74, 6) is 0.564. The quantitative estimate of drug-likeness (QED) is 0.582. The van der Waals surface area contributed by atoms with E-state index >= 15 is 0 Å². The van der Waals surface area contributed by atoms with Crippen LogP contribution in [-0.4, -0.2) is 59.2 Å². The Morgan fingerprint density at radius 1 is 1.35 bits per heavy atom. The molecule has 2 aliphatic heterocycles. The summed E-state index contributed by atoms with van der Waals surface area (Å²) in [4.78, 5) is 12.5. The predicted molar refractivity (Wildman–Crippen MR) is 87.1 cm³/mol. The number of rotatable bonds is 6. The zero-order valence-corrected chi connectivity index (χ0v) is 14.3. The van der Waals surface area contributed by atoms with Gasteiger partial charge in [-0.2, -0.15) is 5.10 Å². The number of nitrogens with zero attached hydrogens (tertiary/aromatic N) is 3. The van der Waals surface area contributed by atoms with E-state index in [1.807, 2.05) is 44.8 Å². The Balaban J connectivity index is 1.53. The Morgan fingerprint density at radius 3 is 2.61 bits per heavy atom. The fraction of sp³-hybridized carbons (Fsp3) is 0.733. The van der Waals surface area contributed by atoms with Gasteiger partial charge in [0.1, 0.15) is 0 Å². The molecule has 0 saturated carbocycles. The van der Waals surface area contributed by atoms with E-state index in [4.69, 9.17) is 9.31 Å². The minimum absolute atomic E-state index is 0.334. The summed E-state index contributed by atoms with van der Waals surface area (Å²) < 4.78 is 14.0. The van der Waals surface area contributed by atoms with Crippen LogP contribution >= 0.6 is 0 Å². The number of likely N-dealkylation sites (tertiary alicyclic amines) is 1. The highest BCUT2D eigenvalue weighted by atomic mass is 16.7.